The first-order valence-electron chi connectivity index (χ1n) is 7.46. The van der Waals surface area contributed by atoms with Crippen molar-refractivity contribution < 1.29 is 14.3 Å². The summed E-state index contributed by atoms with van der Waals surface area (Å²) >= 11 is 0. The second kappa shape index (κ2) is 8.00. The molecule has 1 fully saturated rings. The number of methoxy groups -OCH3 is 1. The zero-order chi connectivity index (χ0) is 15.1. The average molecular weight is 292 g/mol. The summed E-state index contributed by atoms with van der Waals surface area (Å²) in [5.41, 5.74) is 0.688. The molecule has 1 heterocycles. The van der Waals surface area contributed by atoms with Crippen LogP contribution >= 0.6 is 0 Å². The lowest BCUT2D eigenvalue weighted by Gasteiger charge is -2.34. The van der Waals surface area contributed by atoms with Gasteiger partial charge in [0.15, 0.2) is 0 Å². The van der Waals surface area contributed by atoms with E-state index < -0.39 is 0 Å². The van der Waals surface area contributed by atoms with Gasteiger partial charge in [0.1, 0.15) is 5.75 Å². The van der Waals surface area contributed by atoms with Gasteiger partial charge in [-0.1, -0.05) is 6.07 Å². The fraction of sp³-hybridized carbons (Fsp3) is 0.562. The number of nitrogens with one attached hydrogen (secondary N) is 1. The molecule has 0 saturated carbocycles. The molecule has 0 aliphatic carbocycles. The summed E-state index contributed by atoms with van der Waals surface area (Å²) in [6, 6.07) is 7.64. The summed E-state index contributed by atoms with van der Waals surface area (Å²) in [5.74, 6) is 0.811. The summed E-state index contributed by atoms with van der Waals surface area (Å²) in [6.45, 7) is 5.78. The quantitative estimate of drug-likeness (QED) is 0.808. The molecule has 1 amide bonds. The summed E-state index contributed by atoms with van der Waals surface area (Å²) in [4.78, 5) is 14.5. The molecule has 5 heteroatoms. The van der Waals surface area contributed by atoms with Crippen LogP contribution < -0.4 is 10.1 Å². The minimum absolute atomic E-state index is 0.0753. The largest absolute Gasteiger partial charge is 0.493 e. The zero-order valence-corrected chi connectivity index (χ0v) is 12.8. The lowest BCUT2D eigenvalue weighted by molar-refractivity contribution is 0.0655. The van der Waals surface area contributed by atoms with Gasteiger partial charge in [0.05, 0.1) is 6.61 Å². The standard InChI is InChI=1S/C16H24N2O3/c1-13-12-17-7-8-18(13)16(19)14-5-3-6-15(11-14)21-10-4-9-20-2/h3,5-6,11,13,17H,4,7-10,12H2,1-2H3. The van der Waals surface area contributed by atoms with E-state index in [9.17, 15) is 4.79 Å². The Morgan fingerprint density at radius 2 is 2.29 bits per heavy atom. The Morgan fingerprint density at radius 3 is 3.05 bits per heavy atom. The predicted octanol–water partition coefficient (Wildman–Crippen LogP) is 1.54. The molecule has 1 aliphatic rings. The molecule has 0 aromatic heterocycles. The summed E-state index contributed by atoms with van der Waals surface area (Å²) in [6.07, 6.45) is 0.837. The number of hydrogen-bond acceptors (Lipinski definition) is 4. The van der Waals surface area contributed by atoms with Crippen molar-refractivity contribution >= 4 is 5.91 Å². The highest BCUT2D eigenvalue weighted by Crippen LogP contribution is 2.17. The molecule has 21 heavy (non-hydrogen) atoms. The van der Waals surface area contributed by atoms with Crippen LogP contribution in [0.4, 0.5) is 0 Å². The second-order valence-corrected chi connectivity index (χ2v) is 5.27. The van der Waals surface area contributed by atoms with Crippen molar-refractivity contribution in [3.05, 3.63) is 29.8 Å². The van der Waals surface area contributed by atoms with Gasteiger partial charge < -0.3 is 19.7 Å². The fourth-order valence-electron chi connectivity index (χ4n) is 2.42. The van der Waals surface area contributed by atoms with Crippen molar-refractivity contribution in [3.8, 4) is 5.75 Å². The highest BCUT2D eigenvalue weighted by Gasteiger charge is 2.24. The number of nitrogens with zero attached hydrogens (tertiary/aromatic N) is 1. The summed E-state index contributed by atoms with van der Waals surface area (Å²) in [5, 5.41) is 3.29. The van der Waals surface area contributed by atoms with Crippen molar-refractivity contribution in [1.82, 2.24) is 10.2 Å². The van der Waals surface area contributed by atoms with E-state index in [-0.39, 0.29) is 11.9 Å². The lowest BCUT2D eigenvalue weighted by atomic mass is 10.1. The van der Waals surface area contributed by atoms with Crippen molar-refractivity contribution in [2.75, 3.05) is 40.0 Å². The molecule has 0 radical (unpaired) electrons. The van der Waals surface area contributed by atoms with Crippen LogP contribution in [-0.2, 0) is 4.74 Å². The van der Waals surface area contributed by atoms with Gasteiger partial charge in [0.25, 0.3) is 5.91 Å². The third kappa shape index (κ3) is 4.44. The molecule has 1 atom stereocenters. The van der Waals surface area contributed by atoms with Crippen molar-refractivity contribution in [1.29, 1.82) is 0 Å². The van der Waals surface area contributed by atoms with E-state index in [4.69, 9.17) is 9.47 Å². The van der Waals surface area contributed by atoms with Gasteiger partial charge in [-0.05, 0) is 25.1 Å². The number of ether oxygens (including phenoxy) is 2. The van der Waals surface area contributed by atoms with E-state index in [2.05, 4.69) is 12.2 Å². The highest BCUT2D eigenvalue weighted by molar-refractivity contribution is 5.94. The number of hydrogen-bond donors (Lipinski definition) is 1. The minimum Gasteiger partial charge on any atom is -0.493 e. The molecule has 116 valence electrons. The van der Waals surface area contributed by atoms with Crippen LogP contribution in [0.2, 0.25) is 0 Å². The van der Waals surface area contributed by atoms with E-state index in [1.807, 2.05) is 29.2 Å². The Kier molecular flexibility index (Phi) is 6.02. The molecule has 2 rings (SSSR count). The van der Waals surface area contributed by atoms with Gasteiger partial charge in [-0.25, -0.2) is 0 Å². The van der Waals surface area contributed by atoms with Crippen LogP contribution in [0.1, 0.15) is 23.7 Å². The Labute approximate surface area is 126 Å². The first-order valence-corrected chi connectivity index (χ1v) is 7.46. The maximum absolute atomic E-state index is 12.6. The normalized spacial score (nSPS) is 18.6. The van der Waals surface area contributed by atoms with Crippen molar-refractivity contribution in [2.45, 2.75) is 19.4 Å². The number of piperazine rings is 1. The Morgan fingerprint density at radius 1 is 1.43 bits per heavy atom. The van der Waals surface area contributed by atoms with E-state index in [1.54, 1.807) is 7.11 Å². The Balaban J connectivity index is 1.97. The Hall–Kier alpha value is -1.59. The first kappa shape index (κ1) is 15.8. The Bertz CT molecular complexity index is 465. The van der Waals surface area contributed by atoms with Crippen LogP contribution in [0.5, 0.6) is 5.75 Å². The molecule has 0 spiro atoms. The molecule has 1 unspecified atom stereocenters. The van der Waals surface area contributed by atoms with E-state index >= 15 is 0 Å². The molecule has 1 N–H and O–H groups in total. The highest BCUT2D eigenvalue weighted by atomic mass is 16.5. The zero-order valence-electron chi connectivity index (χ0n) is 12.8. The fourth-order valence-corrected chi connectivity index (χ4v) is 2.42. The third-order valence-electron chi connectivity index (χ3n) is 3.60. The van der Waals surface area contributed by atoms with Crippen molar-refractivity contribution in [2.24, 2.45) is 0 Å². The SMILES string of the molecule is COCCCOc1cccc(C(=O)N2CCNCC2C)c1. The molecule has 1 aromatic carbocycles. The maximum Gasteiger partial charge on any atom is 0.254 e. The number of benzene rings is 1. The van der Waals surface area contributed by atoms with Gasteiger partial charge in [-0.2, -0.15) is 0 Å². The van der Waals surface area contributed by atoms with Crippen LogP contribution in [0.15, 0.2) is 24.3 Å². The third-order valence-corrected chi connectivity index (χ3v) is 3.60. The van der Waals surface area contributed by atoms with Crippen LogP contribution in [-0.4, -0.2) is 56.8 Å². The number of carbonyl (C=O) groups is 1. The van der Waals surface area contributed by atoms with Crippen LogP contribution in [0.3, 0.4) is 0 Å². The van der Waals surface area contributed by atoms with E-state index in [0.29, 0.717) is 18.8 Å². The molecule has 1 aromatic rings. The molecule has 1 saturated heterocycles. The van der Waals surface area contributed by atoms with Gasteiger partial charge in [-0.3, -0.25) is 4.79 Å². The number of carbonyl (C=O) groups excluding carboxylic acids is 1. The van der Waals surface area contributed by atoms with E-state index in [0.717, 1.165) is 31.8 Å². The molecule has 1 aliphatic heterocycles. The van der Waals surface area contributed by atoms with Gasteiger partial charge in [-0.15, -0.1) is 0 Å². The molecular weight excluding hydrogens is 268 g/mol. The number of amides is 1. The van der Waals surface area contributed by atoms with Gasteiger partial charge in [0.2, 0.25) is 0 Å². The monoisotopic (exact) mass is 292 g/mol. The lowest BCUT2D eigenvalue weighted by Crippen LogP contribution is -2.52. The average Bonchev–Trinajstić information content (AvgIpc) is 2.52. The molecule has 0 bridgehead atoms. The maximum atomic E-state index is 12.6. The van der Waals surface area contributed by atoms with Gasteiger partial charge in [0, 0.05) is 51.4 Å². The topological polar surface area (TPSA) is 50.8 Å². The van der Waals surface area contributed by atoms with Crippen LogP contribution in [0, 0.1) is 0 Å². The van der Waals surface area contributed by atoms with Crippen LogP contribution in [0.25, 0.3) is 0 Å². The smallest absolute Gasteiger partial charge is 0.254 e. The van der Waals surface area contributed by atoms with E-state index in [1.165, 1.54) is 0 Å². The number of rotatable bonds is 6. The minimum atomic E-state index is 0.0753. The second-order valence-electron chi connectivity index (χ2n) is 5.27. The molecular formula is C16H24N2O3. The predicted molar refractivity (Wildman–Crippen MR) is 81.8 cm³/mol. The first-order chi connectivity index (χ1) is 10.2. The van der Waals surface area contributed by atoms with Gasteiger partial charge >= 0.3 is 0 Å². The van der Waals surface area contributed by atoms with Crippen molar-refractivity contribution in [3.63, 3.8) is 0 Å². The summed E-state index contributed by atoms with van der Waals surface area (Å²) < 4.78 is 10.6. The summed E-state index contributed by atoms with van der Waals surface area (Å²) in [7, 11) is 1.67. The molecule has 5 nitrogen and oxygen atoms in total.